The maximum atomic E-state index is 2.35. The van der Waals surface area contributed by atoms with Crippen LogP contribution in [-0.2, 0) is 6.54 Å². The highest BCUT2D eigenvalue weighted by Gasteiger charge is 2.15. The number of benzene rings is 1. The van der Waals surface area contributed by atoms with Gasteiger partial charge in [0.25, 0.3) is 0 Å². The van der Waals surface area contributed by atoms with Gasteiger partial charge in [-0.05, 0) is 31.0 Å². The summed E-state index contributed by atoms with van der Waals surface area (Å²) in [6.07, 6.45) is 2.18. The second-order valence-corrected chi connectivity index (χ2v) is 5.19. The third kappa shape index (κ3) is 2.61. The van der Waals surface area contributed by atoms with E-state index >= 15 is 0 Å². The van der Waals surface area contributed by atoms with Gasteiger partial charge in [0.05, 0.1) is 0 Å². The molecule has 0 aliphatic carbocycles. The maximum Gasteiger partial charge on any atom is 0.181 e. The normalized spacial score (nSPS) is 12.4. The van der Waals surface area contributed by atoms with Crippen LogP contribution in [0.4, 0.5) is 0 Å². The van der Waals surface area contributed by atoms with Crippen molar-refractivity contribution in [2.24, 2.45) is 0 Å². The molecule has 0 aliphatic rings. The van der Waals surface area contributed by atoms with E-state index in [2.05, 4.69) is 74.9 Å². The lowest BCUT2D eigenvalue weighted by molar-refractivity contribution is -0.705. The molecule has 0 saturated heterocycles. The molecule has 18 heavy (non-hydrogen) atoms. The van der Waals surface area contributed by atoms with Gasteiger partial charge in [-0.25, -0.2) is 4.57 Å². The summed E-state index contributed by atoms with van der Waals surface area (Å²) in [5.41, 5.74) is 5.55. The Hall–Kier alpha value is -1.63. The van der Waals surface area contributed by atoms with E-state index in [4.69, 9.17) is 0 Å². The van der Waals surface area contributed by atoms with Crippen LogP contribution in [0.3, 0.4) is 0 Å². The summed E-state index contributed by atoms with van der Waals surface area (Å²) in [5, 5.41) is 0. The number of rotatable bonds is 3. The van der Waals surface area contributed by atoms with Gasteiger partial charge in [0.2, 0.25) is 0 Å². The van der Waals surface area contributed by atoms with E-state index in [9.17, 15) is 0 Å². The Morgan fingerprint density at radius 1 is 0.944 bits per heavy atom. The molecular weight excluding hydrogens is 218 g/mol. The van der Waals surface area contributed by atoms with Crippen molar-refractivity contribution in [1.82, 2.24) is 0 Å². The second-order valence-electron chi connectivity index (χ2n) is 5.19. The smallest absolute Gasteiger partial charge is 0.181 e. The first-order valence-corrected chi connectivity index (χ1v) is 6.60. The minimum atomic E-state index is 0.539. The molecule has 2 aromatic rings. The minimum Gasteiger partial charge on any atom is -0.202 e. The van der Waals surface area contributed by atoms with Crippen molar-refractivity contribution in [3.05, 3.63) is 65.0 Å². The predicted octanol–water partition coefficient (Wildman–Crippen LogP) is 3.70. The van der Waals surface area contributed by atoms with Gasteiger partial charge in [-0.2, -0.15) is 0 Å². The Kier molecular flexibility index (Phi) is 3.81. The monoisotopic (exact) mass is 240 g/mol. The third-order valence-corrected chi connectivity index (χ3v) is 3.80. The number of nitrogens with zero attached hydrogens (tertiary/aromatic N) is 1. The zero-order valence-electron chi connectivity index (χ0n) is 11.8. The molecule has 2 rings (SSSR count). The van der Waals surface area contributed by atoms with Gasteiger partial charge in [-0.1, -0.05) is 31.2 Å². The first-order chi connectivity index (χ1) is 8.59. The molecule has 0 aliphatic heterocycles. The summed E-state index contributed by atoms with van der Waals surface area (Å²) in [6.45, 7) is 9.90. The van der Waals surface area contributed by atoms with E-state index in [1.165, 1.54) is 22.4 Å². The molecule has 0 bridgehead atoms. The third-order valence-electron chi connectivity index (χ3n) is 3.80. The molecule has 94 valence electrons. The van der Waals surface area contributed by atoms with Crippen molar-refractivity contribution in [2.75, 3.05) is 0 Å². The van der Waals surface area contributed by atoms with E-state index in [0.29, 0.717) is 5.92 Å². The van der Waals surface area contributed by atoms with Crippen LogP contribution in [0.1, 0.15) is 35.2 Å². The van der Waals surface area contributed by atoms with Crippen molar-refractivity contribution < 1.29 is 4.57 Å². The molecule has 0 saturated carbocycles. The Balaban J connectivity index is 2.24. The van der Waals surface area contributed by atoms with E-state index < -0.39 is 0 Å². The Bertz CT molecular complexity index is 543. The van der Waals surface area contributed by atoms with Crippen LogP contribution in [0.2, 0.25) is 0 Å². The topological polar surface area (TPSA) is 3.88 Å². The summed E-state index contributed by atoms with van der Waals surface area (Å²) in [4.78, 5) is 0. The molecule has 1 atom stereocenters. The van der Waals surface area contributed by atoms with E-state index in [1.54, 1.807) is 0 Å². The first kappa shape index (κ1) is 12.8. The number of pyridine rings is 1. The highest BCUT2D eigenvalue weighted by molar-refractivity contribution is 5.28. The van der Waals surface area contributed by atoms with Crippen molar-refractivity contribution >= 4 is 0 Å². The average molecular weight is 240 g/mol. The molecule has 1 aromatic carbocycles. The Morgan fingerprint density at radius 2 is 1.61 bits per heavy atom. The fourth-order valence-corrected chi connectivity index (χ4v) is 2.48. The van der Waals surface area contributed by atoms with Crippen LogP contribution in [0.15, 0.2) is 42.6 Å². The summed E-state index contributed by atoms with van der Waals surface area (Å²) >= 11 is 0. The van der Waals surface area contributed by atoms with Gasteiger partial charge in [0, 0.05) is 24.5 Å². The SMILES string of the molecule is Cc1ccccc1[C@@H](C)C[n+]1cccc(C)c1C. The van der Waals surface area contributed by atoms with Gasteiger partial charge < -0.3 is 0 Å². The van der Waals surface area contributed by atoms with E-state index in [-0.39, 0.29) is 0 Å². The summed E-state index contributed by atoms with van der Waals surface area (Å²) < 4.78 is 2.35. The fourth-order valence-electron chi connectivity index (χ4n) is 2.48. The average Bonchev–Trinajstić information content (AvgIpc) is 2.35. The largest absolute Gasteiger partial charge is 0.202 e. The van der Waals surface area contributed by atoms with Crippen molar-refractivity contribution in [3.63, 3.8) is 0 Å². The molecular formula is C17H22N+. The molecule has 0 radical (unpaired) electrons. The standard InChI is InChI=1S/C17H22N/c1-13-9-7-11-18(16(13)4)12-15(3)17-10-6-5-8-14(17)2/h5-11,15H,12H2,1-4H3/q+1/t15-/m0/s1. The lowest BCUT2D eigenvalue weighted by Crippen LogP contribution is -2.39. The minimum absolute atomic E-state index is 0.539. The lowest BCUT2D eigenvalue weighted by atomic mass is 9.96. The number of hydrogen-bond donors (Lipinski definition) is 0. The fraction of sp³-hybridized carbons (Fsp3) is 0.353. The number of aryl methyl sites for hydroxylation is 2. The number of aromatic nitrogens is 1. The van der Waals surface area contributed by atoms with Crippen LogP contribution in [0, 0.1) is 20.8 Å². The molecule has 1 nitrogen and oxygen atoms in total. The molecule has 0 fully saturated rings. The second kappa shape index (κ2) is 5.34. The van der Waals surface area contributed by atoms with Crippen molar-refractivity contribution in [3.8, 4) is 0 Å². The molecule has 0 unspecified atom stereocenters. The van der Waals surface area contributed by atoms with Crippen LogP contribution in [0.5, 0.6) is 0 Å². The van der Waals surface area contributed by atoms with E-state index in [1.807, 2.05) is 0 Å². The molecule has 0 N–H and O–H groups in total. The Labute approximate surface area is 110 Å². The lowest BCUT2D eigenvalue weighted by Gasteiger charge is -2.13. The summed E-state index contributed by atoms with van der Waals surface area (Å²) in [5.74, 6) is 0.539. The van der Waals surface area contributed by atoms with Gasteiger partial charge in [-0.3, -0.25) is 0 Å². The molecule has 1 heterocycles. The zero-order chi connectivity index (χ0) is 13.1. The van der Waals surface area contributed by atoms with Crippen LogP contribution >= 0.6 is 0 Å². The Morgan fingerprint density at radius 3 is 2.33 bits per heavy atom. The quantitative estimate of drug-likeness (QED) is 0.720. The first-order valence-electron chi connectivity index (χ1n) is 6.60. The molecule has 0 amide bonds. The highest BCUT2D eigenvalue weighted by atomic mass is 15.0. The van der Waals surface area contributed by atoms with Gasteiger partial charge >= 0.3 is 0 Å². The van der Waals surface area contributed by atoms with Crippen LogP contribution < -0.4 is 4.57 Å². The van der Waals surface area contributed by atoms with Crippen LogP contribution in [0.25, 0.3) is 0 Å². The molecule has 1 aromatic heterocycles. The van der Waals surface area contributed by atoms with Gasteiger partial charge in [0.15, 0.2) is 18.4 Å². The molecule has 0 spiro atoms. The summed E-state index contributed by atoms with van der Waals surface area (Å²) in [6, 6.07) is 13.0. The van der Waals surface area contributed by atoms with Gasteiger partial charge in [0.1, 0.15) is 0 Å². The van der Waals surface area contributed by atoms with Crippen LogP contribution in [-0.4, -0.2) is 0 Å². The van der Waals surface area contributed by atoms with Crippen molar-refractivity contribution in [2.45, 2.75) is 40.2 Å². The predicted molar refractivity (Wildman–Crippen MR) is 75.7 cm³/mol. The maximum absolute atomic E-state index is 2.35. The van der Waals surface area contributed by atoms with Crippen molar-refractivity contribution in [1.29, 1.82) is 0 Å². The molecule has 1 heteroatoms. The summed E-state index contributed by atoms with van der Waals surface area (Å²) in [7, 11) is 0. The van der Waals surface area contributed by atoms with E-state index in [0.717, 1.165) is 6.54 Å². The van der Waals surface area contributed by atoms with Gasteiger partial charge in [-0.15, -0.1) is 0 Å². The zero-order valence-corrected chi connectivity index (χ0v) is 11.8. The number of hydrogen-bond acceptors (Lipinski definition) is 0. The highest BCUT2D eigenvalue weighted by Crippen LogP contribution is 2.19.